The first-order chi connectivity index (χ1) is 12.5. The first-order valence-electron chi connectivity index (χ1n) is 9.39. The zero-order valence-electron chi connectivity index (χ0n) is 15.4. The number of amides is 1. The summed E-state index contributed by atoms with van der Waals surface area (Å²) >= 11 is 0. The van der Waals surface area contributed by atoms with E-state index in [0.717, 1.165) is 38.2 Å². The standard InChI is InChI=1S/C22H25FN2O/c1-15-3-4-16(2)21(13-15)24-9-11-25(12-10-24)22(26)20-14-19(20)17-5-7-18(23)8-6-17/h3-8,13,19-20H,9-12,14H2,1-2H3/t19-,20-/m0/s1. The predicted molar refractivity (Wildman–Crippen MR) is 102 cm³/mol. The van der Waals surface area contributed by atoms with Crippen molar-refractivity contribution < 1.29 is 9.18 Å². The van der Waals surface area contributed by atoms with Gasteiger partial charge in [0.2, 0.25) is 5.91 Å². The van der Waals surface area contributed by atoms with E-state index in [-0.39, 0.29) is 23.6 Å². The minimum atomic E-state index is -0.222. The van der Waals surface area contributed by atoms with Crippen molar-refractivity contribution in [3.8, 4) is 0 Å². The number of hydrogen-bond donors (Lipinski definition) is 0. The van der Waals surface area contributed by atoms with Crippen LogP contribution in [0.2, 0.25) is 0 Å². The summed E-state index contributed by atoms with van der Waals surface area (Å²) in [7, 11) is 0. The summed E-state index contributed by atoms with van der Waals surface area (Å²) in [5.41, 5.74) is 4.92. The van der Waals surface area contributed by atoms with Gasteiger partial charge in [-0.05, 0) is 61.1 Å². The third-order valence-electron chi connectivity index (χ3n) is 5.70. The summed E-state index contributed by atoms with van der Waals surface area (Å²) in [6.45, 7) is 7.57. The Hall–Kier alpha value is -2.36. The molecule has 26 heavy (non-hydrogen) atoms. The average Bonchev–Trinajstić information content (AvgIpc) is 3.45. The lowest BCUT2D eigenvalue weighted by Crippen LogP contribution is -2.49. The molecule has 3 nitrogen and oxygen atoms in total. The highest BCUT2D eigenvalue weighted by Crippen LogP contribution is 2.48. The van der Waals surface area contributed by atoms with Gasteiger partial charge in [0, 0.05) is 37.8 Å². The summed E-state index contributed by atoms with van der Waals surface area (Å²) in [5, 5.41) is 0. The molecule has 1 aliphatic carbocycles. The Bertz CT molecular complexity index is 809. The zero-order chi connectivity index (χ0) is 18.3. The topological polar surface area (TPSA) is 23.6 Å². The van der Waals surface area contributed by atoms with Gasteiger partial charge in [0.1, 0.15) is 5.82 Å². The molecule has 0 N–H and O–H groups in total. The quantitative estimate of drug-likeness (QED) is 0.837. The number of hydrogen-bond acceptors (Lipinski definition) is 2. The molecule has 2 aromatic carbocycles. The van der Waals surface area contributed by atoms with Gasteiger partial charge < -0.3 is 9.80 Å². The Balaban J connectivity index is 1.36. The molecule has 0 radical (unpaired) electrons. The lowest BCUT2D eigenvalue weighted by molar-refractivity contribution is -0.132. The predicted octanol–water partition coefficient (Wildman–Crippen LogP) is 3.89. The second kappa shape index (κ2) is 6.75. The SMILES string of the molecule is Cc1ccc(C)c(N2CCN(C(=O)[C@H]3C[C@H]3c3ccc(F)cc3)CC2)c1. The molecular formula is C22H25FN2O. The molecular weight excluding hydrogens is 327 g/mol. The summed E-state index contributed by atoms with van der Waals surface area (Å²) in [6.07, 6.45) is 0.891. The highest BCUT2D eigenvalue weighted by molar-refractivity contribution is 5.83. The molecule has 1 saturated heterocycles. The zero-order valence-corrected chi connectivity index (χ0v) is 15.4. The molecule has 136 valence electrons. The van der Waals surface area contributed by atoms with Crippen molar-refractivity contribution in [2.75, 3.05) is 31.1 Å². The molecule has 1 heterocycles. The Morgan fingerprint density at radius 1 is 1.00 bits per heavy atom. The van der Waals surface area contributed by atoms with E-state index in [1.807, 2.05) is 17.0 Å². The first-order valence-corrected chi connectivity index (χ1v) is 9.39. The number of carbonyl (C=O) groups is 1. The van der Waals surface area contributed by atoms with Crippen LogP contribution in [0.4, 0.5) is 10.1 Å². The van der Waals surface area contributed by atoms with Crippen molar-refractivity contribution in [2.24, 2.45) is 5.92 Å². The normalized spacial score (nSPS) is 22.4. The molecule has 1 amide bonds. The van der Waals surface area contributed by atoms with Gasteiger partial charge in [-0.25, -0.2) is 4.39 Å². The summed E-state index contributed by atoms with van der Waals surface area (Å²) in [4.78, 5) is 17.2. The first kappa shape index (κ1) is 17.1. The molecule has 4 rings (SSSR count). The van der Waals surface area contributed by atoms with E-state index in [1.165, 1.54) is 28.9 Å². The fraction of sp³-hybridized carbons (Fsp3) is 0.409. The van der Waals surface area contributed by atoms with Crippen molar-refractivity contribution in [3.63, 3.8) is 0 Å². The van der Waals surface area contributed by atoms with Crippen molar-refractivity contribution in [1.29, 1.82) is 0 Å². The van der Waals surface area contributed by atoms with Crippen LogP contribution in [0.25, 0.3) is 0 Å². The van der Waals surface area contributed by atoms with Gasteiger partial charge in [-0.3, -0.25) is 4.79 Å². The van der Waals surface area contributed by atoms with E-state index >= 15 is 0 Å². The number of carbonyl (C=O) groups excluding carboxylic acids is 1. The molecule has 0 spiro atoms. The average molecular weight is 352 g/mol. The Morgan fingerprint density at radius 2 is 1.69 bits per heavy atom. The van der Waals surface area contributed by atoms with Crippen molar-refractivity contribution >= 4 is 11.6 Å². The molecule has 2 aromatic rings. The molecule has 1 aliphatic heterocycles. The minimum Gasteiger partial charge on any atom is -0.368 e. The van der Waals surface area contributed by atoms with E-state index in [2.05, 4.69) is 36.9 Å². The molecule has 1 saturated carbocycles. The third-order valence-corrected chi connectivity index (χ3v) is 5.70. The van der Waals surface area contributed by atoms with Crippen molar-refractivity contribution in [1.82, 2.24) is 4.90 Å². The maximum atomic E-state index is 13.1. The van der Waals surface area contributed by atoms with Crippen LogP contribution in [-0.2, 0) is 4.79 Å². The Labute approximate surface area is 154 Å². The van der Waals surface area contributed by atoms with Gasteiger partial charge in [0.15, 0.2) is 0 Å². The van der Waals surface area contributed by atoms with Gasteiger partial charge in [-0.1, -0.05) is 24.3 Å². The van der Waals surface area contributed by atoms with Gasteiger partial charge in [0.25, 0.3) is 0 Å². The Kier molecular flexibility index (Phi) is 4.43. The highest BCUT2D eigenvalue weighted by Gasteiger charge is 2.46. The monoisotopic (exact) mass is 352 g/mol. The van der Waals surface area contributed by atoms with Crippen LogP contribution in [0.15, 0.2) is 42.5 Å². The fourth-order valence-electron chi connectivity index (χ4n) is 4.01. The lowest BCUT2D eigenvalue weighted by Gasteiger charge is -2.37. The van der Waals surface area contributed by atoms with Gasteiger partial charge in [-0.2, -0.15) is 0 Å². The number of aryl methyl sites for hydroxylation is 2. The van der Waals surface area contributed by atoms with Crippen LogP contribution in [0, 0.1) is 25.6 Å². The van der Waals surface area contributed by atoms with E-state index in [0.29, 0.717) is 0 Å². The fourth-order valence-corrected chi connectivity index (χ4v) is 4.01. The smallest absolute Gasteiger partial charge is 0.226 e. The number of benzene rings is 2. The van der Waals surface area contributed by atoms with Crippen LogP contribution in [0.1, 0.15) is 29.0 Å². The minimum absolute atomic E-state index is 0.0766. The molecule has 4 heteroatoms. The highest BCUT2D eigenvalue weighted by atomic mass is 19.1. The molecule has 0 unspecified atom stereocenters. The molecule has 2 aliphatic rings. The number of nitrogens with zero attached hydrogens (tertiary/aromatic N) is 2. The van der Waals surface area contributed by atoms with Gasteiger partial charge in [-0.15, -0.1) is 0 Å². The van der Waals surface area contributed by atoms with Crippen LogP contribution >= 0.6 is 0 Å². The number of anilines is 1. The lowest BCUT2D eigenvalue weighted by atomic mass is 10.1. The number of rotatable bonds is 3. The molecule has 2 fully saturated rings. The molecule has 0 bridgehead atoms. The second-order valence-corrected chi connectivity index (χ2v) is 7.60. The summed E-state index contributed by atoms with van der Waals surface area (Å²) < 4.78 is 13.1. The van der Waals surface area contributed by atoms with Gasteiger partial charge in [0.05, 0.1) is 0 Å². The van der Waals surface area contributed by atoms with Crippen LogP contribution in [0.5, 0.6) is 0 Å². The van der Waals surface area contributed by atoms with Crippen LogP contribution in [-0.4, -0.2) is 37.0 Å². The molecule has 2 atom stereocenters. The largest absolute Gasteiger partial charge is 0.368 e. The van der Waals surface area contributed by atoms with Gasteiger partial charge >= 0.3 is 0 Å². The van der Waals surface area contributed by atoms with E-state index in [1.54, 1.807) is 0 Å². The van der Waals surface area contributed by atoms with Crippen molar-refractivity contribution in [2.45, 2.75) is 26.2 Å². The Morgan fingerprint density at radius 3 is 2.38 bits per heavy atom. The maximum Gasteiger partial charge on any atom is 0.226 e. The third kappa shape index (κ3) is 3.33. The maximum absolute atomic E-state index is 13.1. The van der Waals surface area contributed by atoms with E-state index in [9.17, 15) is 9.18 Å². The van der Waals surface area contributed by atoms with Crippen LogP contribution in [0.3, 0.4) is 0 Å². The molecule has 0 aromatic heterocycles. The summed E-state index contributed by atoms with van der Waals surface area (Å²) in [6, 6.07) is 13.1. The number of piperazine rings is 1. The van der Waals surface area contributed by atoms with E-state index < -0.39 is 0 Å². The van der Waals surface area contributed by atoms with Crippen molar-refractivity contribution in [3.05, 3.63) is 65.0 Å². The number of halogens is 1. The second-order valence-electron chi connectivity index (χ2n) is 7.60. The van der Waals surface area contributed by atoms with Crippen LogP contribution < -0.4 is 4.90 Å². The summed E-state index contributed by atoms with van der Waals surface area (Å²) in [5.74, 6) is 0.382. The van der Waals surface area contributed by atoms with E-state index in [4.69, 9.17) is 0 Å².